The summed E-state index contributed by atoms with van der Waals surface area (Å²) < 4.78 is 7.37. The fourth-order valence-corrected chi connectivity index (χ4v) is 3.66. The van der Waals surface area contributed by atoms with E-state index in [-0.39, 0.29) is 5.91 Å². The predicted molar refractivity (Wildman–Crippen MR) is 117 cm³/mol. The van der Waals surface area contributed by atoms with E-state index in [0.29, 0.717) is 38.8 Å². The molecule has 3 aromatic rings. The zero-order valence-corrected chi connectivity index (χ0v) is 17.0. The number of morpholine rings is 1. The van der Waals surface area contributed by atoms with Crippen molar-refractivity contribution in [3.8, 4) is 0 Å². The minimum absolute atomic E-state index is 0.127. The topological polar surface area (TPSA) is 46.8 Å². The first-order valence-corrected chi connectivity index (χ1v) is 10.2. The summed E-state index contributed by atoms with van der Waals surface area (Å²) in [5.74, 6) is 0.636. The van der Waals surface area contributed by atoms with Gasteiger partial charge in [0.25, 0.3) is 0 Å². The molecule has 1 saturated heterocycles. The molecule has 150 valence electrons. The van der Waals surface area contributed by atoms with Gasteiger partial charge in [0.1, 0.15) is 6.54 Å². The van der Waals surface area contributed by atoms with E-state index in [0.717, 1.165) is 22.2 Å². The van der Waals surface area contributed by atoms with Crippen molar-refractivity contribution in [1.82, 2.24) is 9.47 Å². The Balaban J connectivity index is 1.57. The van der Waals surface area contributed by atoms with E-state index in [9.17, 15) is 4.79 Å². The fraction of sp³-hybridized carbons (Fsp3) is 0.333. The van der Waals surface area contributed by atoms with Gasteiger partial charge in [-0.3, -0.25) is 9.79 Å². The number of benzene rings is 2. The Morgan fingerprint density at radius 3 is 2.55 bits per heavy atom. The molecule has 5 heteroatoms. The first kappa shape index (κ1) is 19.4. The van der Waals surface area contributed by atoms with Crippen molar-refractivity contribution in [3.63, 3.8) is 0 Å². The number of aliphatic imine (C=N–C) groups is 1. The zero-order valence-electron chi connectivity index (χ0n) is 17.0. The number of rotatable bonds is 5. The molecule has 2 aromatic carbocycles. The first-order valence-electron chi connectivity index (χ1n) is 10.2. The molecule has 1 fully saturated rings. The molecular weight excluding hydrogens is 362 g/mol. The van der Waals surface area contributed by atoms with Crippen LogP contribution < -0.4 is 0 Å². The van der Waals surface area contributed by atoms with Gasteiger partial charge in [0, 0.05) is 42.0 Å². The number of nitrogens with zero attached hydrogens (tertiary/aromatic N) is 3. The normalized spacial score (nSPS) is 14.9. The smallest absolute Gasteiger partial charge is 0.242 e. The molecule has 1 aliphatic heterocycles. The van der Waals surface area contributed by atoms with Crippen molar-refractivity contribution in [1.29, 1.82) is 0 Å². The molecule has 5 nitrogen and oxygen atoms in total. The van der Waals surface area contributed by atoms with Crippen LogP contribution in [0.3, 0.4) is 0 Å². The second-order valence-electron chi connectivity index (χ2n) is 7.73. The number of hydrogen-bond donors (Lipinski definition) is 0. The van der Waals surface area contributed by atoms with Gasteiger partial charge in [-0.2, -0.15) is 0 Å². The van der Waals surface area contributed by atoms with E-state index >= 15 is 0 Å². The van der Waals surface area contributed by atoms with Crippen molar-refractivity contribution in [2.24, 2.45) is 4.99 Å². The molecule has 0 atom stereocenters. The van der Waals surface area contributed by atoms with E-state index in [1.54, 1.807) is 0 Å². The zero-order chi connectivity index (χ0) is 20.2. The third-order valence-corrected chi connectivity index (χ3v) is 5.40. The maximum absolute atomic E-state index is 12.7. The minimum Gasteiger partial charge on any atom is -0.378 e. The van der Waals surface area contributed by atoms with Gasteiger partial charge >= 0.3 is 0 Å². The second kappa shape index (κ2) is 8.62. The molecule has 0 spiro atoms. The molecule has 0 unspecified atom stereocenters. The van der Waals surface area contributed by atoms with Crippen LogP contribution in [0.15, 0.2) is 59.7 Å². The highest BCUT2D eigenvalue weighted by molar-refractivity contribution is 6.00. The van der Waals surface area contributed by atoms with Crippen LogP contribution in [0.1, 0.15) is 30.9 Å². The third-order valence-electron chi connectivity index (χ3n) is 5.40. The van der Waals surface area contributed by atoms with Gasteiger partial charge in [0.15, 0.2) is 0 Å². The Morgan fingerprint density at radius 2 is 1.83 bits per heavy atom. The third kappa shape index (κ3) is 4.40. The molecule has 1 aliphatic rings. The van der Waals surface area contributed by atoms with Gasteiger partial charge < -0.3 is 14.2 Å². The molecule has 0 N–H and O–H groups in total. The van der Waals surface area contributed by atoms with Crippen molar-refractivity contribution in [2.45, 2.75) is 26.3 Å². The van der Waals surface area contributed by atoms with Crippen LogP contribution >= 0.6 is 0 Å². The number of para-hydroxylation sites is 1. The Hall–Kier alpha value is -2.92. The average Bonchev–Trinajstić information content (AvgIpc) is 3.10. The summed E-state index contributed by atoms with van der Waals surface area (Å²) in [5, 5.41) is 1.10. The number of carbonyl (C=O) groups excluding carboxylic acids is 1. The van der Waals surface area contributed by atoms with Gasteiger partial charge in [-0.05, 0) is 29.7 Å². The maximum atomic E-state index is 12.7. The minimum atomic E-state index is 0.127. The fourth-order valence-electron chi connectivity index (χ4n) is 3.66. The number of fused-ring (bicyclic) bond motifs is 1. The van der Waals surface area contributed by atoms with Crippen molar-refractivity contribution in [3.05, 3.63) is 65.9 Å². The van der Waals surface area contributed by atoms with Gasteiger partial charge in [-0.1, -0.05) is 44.2 Å². The molecule has 0 aliphatic carbocycles. The van der Waals surface area contributed by atoms with Crippen LogP contribution in [0.2, 0.25) is 0 Å². The predicted octanol–water partition coefficient (Wildman–Crippen LogP) is 4.37. The lowest BCUT2D eigenvalue weighted by atomic mass is 10.0. The van der Waals surface area contributed by atoms with Crippen molar-refractivity contribution < 1.29 is 9.53 Å². The quantitative estimate of drug-likeness (QED) is 0.608. The molecule has 1 amide bonds. The average molecular weight is 389 g/mol. The molecular formula is C24H27N3O2. The number of carbonyl (C=O) groups is 1. The summed E-state index contributed by atoms with van der Waals surface area (Å²) in [6.45, 7) is 7.27. The highest BCUT2D eigenvalue weighted by Crippen LogP contribution is 2.23. The Bertz CT molecular complexity index is 1010. The molecule has 0 bridgehead atoms. The van der Waals surface area contributed by atoms with Crippen LogP contribution in [0.4, 0.5) is 5.69 Å². The molecule has 29 heavy (non-hydrogen) atoms. The maximum Gasteiger partial charge on any atom is 0.242 e. The Kier molecular flexibility index (Phi) is 5.76. The first-order chi connectivity index (χ1) is 14.1. The summed E-state index contributed by atoms with van der Waals surface area (Å²) in [6, 6.07) is 16.5. The number of ether oxygens (including phenoxy) is 1. The largest absolute Gasteiger partial charge is 0.378 e. The van der Waals surface area contributed by atoms with Crippen LogP contribution in [0, 0.1) is 0 Å². The number of aromatic nitrogens is 1. The van der Waals surface area contributed by atoms with Crippen LogP contribution in [0.5, 0.6) is 0 Å². The highest BCUT2D eigenvalue weighted by atomic mass is 16.5. The summed E-state index contributed by atoms with van der Waals surface area (Å²) in [7, 11) is 0. The van der Waals surface area contributed by atoms with Crippen LogP contribution in [-0.2, 0) is 16.1 Å². The summed E-state index contributed by atoms with van der Waals surface area (Å²) in [6.07, 6.45) is 3.91. The van der Waals surface area contributed by atoms with Crippen LogP contribution in [0.25, 0.3) is 10.9 Å². The Labute approximate surface area is 171 Å². The van der Waals surface area contributed by atoms with Gasteiger partial charge in [0.05, 0.1) is 18.9 Å². The van der Waals surface area contributed by atoms with E-state index in [1.807, 2.05) is 46.1 Å². The summed E-state index contributed by atoms with van der Waals surface area (Å²) >= 11 is 0. The highest BCUT2D eigenvalue weighted by Gasteiger charge is 2.18. The van der Waals surface area contributed by atoms with E-state index in [1.165, 1.54) is 5.56 Å². The lowest BCUT2D eigenvalue weighted by Gasteiger charge is -2.27. The Morgan fingerprint density at radius 1 is 1.10 bits per heavy atom. The standard InChI is InChI=1S/C24H27N3O2/c1-18(2)19-7-9-21(10-8-19)25-15-20-16-27(23-6-4-3-5-22(20)23)17-24(28)26-11-13-29-14-12-26/h3-10,15-16,18H,11-14,17H2,1-2H3. The number of hydrogen-bond acceptors (Lipinski definition) is 3. The van der Waals surface area contributed by atoms with Gasteiger partial charge in [0.2, 0.25) is 5.91 Å². The molecule has 4 rings (SSSR count). The van der Waals surface area contributed by atoms with Gasteiger partial charge in [-0.15, -0.1) is 0 Å². The van der Waals surface area contributed by atoms with E-state index < -0.39 is 0 Å². The van der Waals surface area contributed by atoms with E-state index in [2.05, 4.69) is 43.1 Å². The molecule has 0 saturated carbocycles. The van der Waals surface area contributed by atoms with Crippen molar-refractivity contribution in [2.75, 3.05) is 26.3 Å². The SMILES string of the molecule is CC(C)c1ccc(N=Cc2cn(CC(=O)N3CCOCC3)c3ccccc23)cc1. The molecule has 2 heterocycles. The van der Waals surface area contributed by atoms with Crippen LogP contribution in [-0.4, -0.2) is 47.9 Å². The molecule has 0 radical (unpaired) electrons. The monoisotopic (exact) mass is 389 g/mol. The lowest BCUT2D eigenvalue weighted by Crippen LogP contribution is -2.42. The summed E-state index contributed by atoms with van der Waals surface area (Å²) in [5.41, 5.74) is 4.30. The van der Waals surface area contributed by atoms with Gasteiger partial charge in [-0.25, -0.2) is 0 Å². The van der Waals surface area contributed by atoms with Crippen molar-refractivity contribution >= 4 is 28.7 Å². The molecule has 1 aromatic heterocycles. The number of amides is 1. The summed E-state index contributed by atoms with van der Waals surface area (Å²) in [4.78, 5) is 19.2. The van der Waals surface area contributed by atoms with E-state index in [4.69, 9.17) is 4.74 Å². The second-order valence-corrected chi connectivity index (χ2v) is 7.73. The lowest BCUT2D eigenvalue weighted by molar-refractivity contribution is -0.135.